The van der Waals surface area contributed by atoms with Gasteiger partial charge >= 0.3 is 0 Å². The normalized spacial score (nSPS) is 13.9. The zero-order valence-electron chi connectivity index (χ0n) is 7.96. The maximum absolute atomic E-state index is 13.0. The molecule has 72 valence electrons. The minimum absolute atomic E-state index is 0.170. The Kier molecular flexibility index (Phi) is 2.41. The molecule has 0 atom stereocenters. The average molecular weight is 189 g/mol. The fourth-order valence-corrected chi connectivity index (χ4v) is 1.85. The quantitative estimate of drug-likeness (QED) is 0.645. The van der Waals surface area contributed by atoms with Crippen molar-refractivity contribution in [1.29, 1.82) is 0 Å². The van der Waals surface area contributed by atoms with Crippen LogP contribution in [-0.4, -0.2) is 13.1 Å². The molecular formula is C12H12FN. The predicted octanol–water partition coefficient (Wildman–Crippen LogP) is 2.21. The smallest absolute Gasteiger partial charge is 0.125 e. The third-order valence-electron chi connectivity index (χ3n) is 2.57. The van der Waals surface area contributed by atoms with Gasteiger partial charge in [-0.3, -0.25) is 0 Å². The molecule has 0 unspecified atom stereocenters. The van der Waals surface area contributed by atoms with E-state index in [1.165, 1.54) is 11.6 Å². The number of anilines is 1. The first kappa shape index (κ1) is 9.08. The first-order valence-corrected chi connectivity index (χ1v) is 4.78. The molecule has 0 aromatic heterocycles. The summed E-state index contributed by atoms with van der Waals surface area (Å²) in [5.41, 5.74) is 2.24. The van der Waals surface area contributed by atoms with Crippen molar-refractivity contribution in [3.05, 3.63) is 29.6 Å². The zero-order valence-corrected chi connectivity index (χ0v) is 7.96. The van der Waals surface area contributed by atoms with Gasteiger partial charge in [0.1, 0.15) is 5.82 Å². The minimum Gasteiger partial charge on any atom is -0.370 e. The van der Waals surface area contributed by atoms with Crippen molar-refractivity contribution in [2.75, 3.05) is 18.0 Å². The molecule has 0 saturated carbocycles. The van der Waals surface area contributed by atoms with Crippen LogP contribution in [0.4, 0.5) is 10.1 Å². The lowest BCUT2D eigenvalue weighted by Gasteiger charge is -2.17. The van der Waals surface area contributed by atoms with Gasteiger partial charge < -0.3 is 4.90 Å². The van der Waals surface area contributed by atoms with Crippen LogP contribution in [0.15, 0.2) is 18.2 Å². The largest absolute Gasteiger partial charge is 0.370 e. The summed E-state index contributed by atoms with van der Waals surface area (Å²) >= 11 is 0. The van der Waals surface area contributed by atoms with Gasteiger partial charge in [0.25, 0.3) is 0 Å². The molecular weight excluding hydrogens is 177 g/mol. The van der Waals surface area contributed by atoms with Crippen molar-refractivity contribution in [1.82, 2.24) is 0 Å². The summed E-state index contributed by atoms with van der Waals surface area (Å²) < 4.78 is 13.0. The van der Waals surface area contributed by atoms with Gasteiger partial charge in [0.05, 0.1) is 0 Å². The molecule has 0 bridgehead atoms. The van der Waals surface area contributed by atoms with E-state index in [0.29, 0.717) is 0 Å². The zero-order chi connectivity index (χ0) is 9.97. The van der Waals surface area contributed by atoms with E-state index in [1.54, 1.807) is 6.07 Å². The molecule has 14 heavy (non-hydrogen) atoms. The number of hydrogen-bond donors (Lipinski definition) is 0. The molecule has 1 aliphatic heterocycles. The highest BCUT2D eigenvalue weighted by atomic mass is 19.1. The van der Waals surface area contributed by atoms with Crippen LogP contribution in [0.5, 0.6) is 0 Å². The Morgan fingerprint density at radius 3 is 3.14 bits per heavy atom. The number of hydrogen-bond acceptors (Lipinski definition) is 1. The van der Waals surface area contributed by atoms with E-state index in [9.17, 15) is 4.39 Å². The van der Waals surface area contributed by atoms with Crippen molar-refractivity contribution in [3.63, 3.8) is 0 Å². The Morgan fingerprint density at radius 1 is 1.50 bits per heavy atom. The lowest BCUT2D eigenvalue weighted by atomic mass is 10.2. The lowest BCUT2D eigenvalue weighted by Crippen LogP contribution is -2.21. The third kappa shape index (κ3) is 1.58. The molecule has 1 aromatic carbocycles. The second-order valence-electron chi connectivity index (χ2n) is 3.46. The van der Waals surface area contributed by atoms with Crippen LogP contribution >= 0.6 is 0 Å². The monoisotopic (exact) mass is 189 g/mol. The molecule has 1 aliphatic rings. The average Bonchev–Trinajstić information content (AvgIpc) is 2.57. The highest BCUT2D eigenvalue weighted by Crippen LogP contribution is 2.28. The second-order valence-corrected chi connectivity index (χ2v) is 3.46. The van der Waals surface area contributed by atoms with E-state index in [1.807, 2.05) is 6.07 Å². The number of benzene rings is 1. The molecule has 0 amide bonds. The molecule has 0 N–H and O–H groups in total. The van der Waals surface area contributed by atoms with Gasteiger partial charge in [0.2, 0.25) is 0 Å². The van der Waals surface area contributed by atoms with E-state index in [-0.39, 0.29) is 5.82 Å². The van der Waals surface area contributed by atoms with Crippen molar-refractivity contribution in [3.8, 4) is 12.3 Å². The summed E-state index contributed by atoms with van der Waals surface area (Å²) in [6.45, 7) is 1.79. The second kappa shape index (κ2) is 3.71. The molecule has 0 fully saturated rings. The summed E-state index contributed by atoms with van der Waals surface area (Å²) in [5.74, 6) is 2.43. The maximum Gasteiger partial charge on any atom is 0.125 e. The Bertz CT molecular complexity index is 378. The van der Waals surface area contributed by atoms with Crippen LogP contribution < -0.4 is 4.90 Å². The number of nitrogens with zero attached hydrogens (tertiary/aromatic N) is 1. The van der Waals surface area contributed by atoms with E-state index in [0.717, 1.165) is 31.6 Å². The van der Waals surface area contributed by atoms with Gasteiger partial charge in [-0.25, -0.2) is 4.39 Å². The molecule has 0 aliphatic carbocycles. The van der Waals surface area contributed by atoms with Gasteiger partial charge in [0, 0.05) is 25.2 Å². The van der Waals surface area contributed by atoms with Crippen LogP contribution in [0.3, 0.4) is 0 Å². The van der Waals surface area contributed by atoms with Crippen LogP contribution in [0.1, 0.15) is 12.0 Å². The Balaban J connectivity index is 2.21. The van der Waals surface area contributed by atoms with E-state index in [2.05, 4.69) is 10.8 Å². The van der Waals surface area contributed by atoms with E-state index < -0.39 is 0 Å². The molecule has 0 saturated heterocycles. The molecule has 1 aromatic rings. The lowest BCUT2D eigenvalue weighted by molar-refractivity contribution is 0.627. The van der Waals surface area contributed by atoms with Gasteiger partial charge in [-0.2, -0.15) is 0 Å². The molecule has 2 rings (SSSR count). The van der Waals surface area contributed by atoms with Crippen LogP contribution in [0.2, 0.25) is 0 Å². The van der Waals surface area contributed by atoms with Gasteiger partial charge in [-0.1, -0.05) is 6.07 Å². The Labute approximate surface area is 83.5 Å². The summed E-state index contributed by atoms with van der Waals surface area (Å²) in [6.07, 6.45) is 6.92. The standard InChI is InChI=1S/C12H12FN/c1-2-3-7-14-8-6-10-4-5-11(13)9-12(10)14/h1,4-5,9H,3,6-8H2. The number of terminal acetylenes is 1. The van der Waals surface area contributed by atoms with Crippen molar-refractivity contribution < 1.29 is 4.39 Å². The SMILES string of the molecule is C#CCCN1CCc2ccc(F)cc21. The van der Waals surface area contributed by atoms with Gasteiger partial charge in [0.15, 0.2) is 0 Å². The van der Waals surface area contributed by atoms with Crippen LogP contribution in [0, 0.1) is 18.2 Å². The Morgan fingerprint density at radius 2 is 2.36 bits per heavy atom. The molecule has 1 nitrogen and oxygen atoms in total. The number of fused-ring (bicyclic) bond motifs is 1. The van der Waals surface area contributed by atoms with Gasteiger partial charge in [-0.05, 0) is 24.1 Å². The van der Waals surface area contributed by atoms with Crippen molar-refractivity contribution in [2.24, 2.45) is 0 Å². The number of halogens is 1. The first-order chi connectivity index (χ1) is 6.81. The summed E-state index contributed by atoms with van der Waals surface area (Å²) in [5, 5.41) is 0. The minimum atomic E-state index is -0.170. The fraction of sp³-hybridized carbons (Fsp3) is 0.333. The third-order valence-corrected chi connectivity index (χ3v) is 2.57. The molecule has 0 radical (unpaired) electrons. The van der Waals surface area contributed by atoms with Crippen molar-refractivity contribution >= 4 is 5.69 Å². The van der Waals surface area contributed by atoms with Crippen LogP contribution in [-0.2, 0) is 6.42 Å². The topological polar surface area (TPSA) is 3.24 Å². The van der Waals surface area contributed by atoms with Gasteiger partial charge in [-0.15, -0.1) is 12.3 Å². The summed E-state index contributed by atoms with van der Waals surface area (Å²) in [6, 6.07) is 4.98. The predicted molar refractivity (Wildman–Crippen MR) is 55.8 cm³/mol. The van der Waals surface area contributed by atoms with Crippen LogP contribution in [0.25, 0.3) is 0 Å². The Hall–Kier alpha value is -1.49. The molecule has 0 spiro atoms. The van der Waals surface area contributed by atoms with E-state index >= 15 is 0 Å². The van der Waals surface area contributed by atoms with E-state index in [4.69, 9.17) is 6.42 Å². The maximum atomic E-state index is 13.0. The summed E-state index contributed by atoms with van der Waals surface area (Å²) in [4.78, 5) is 2.15. The first-order valence-electron chi connectivity index (χ1n) is 4.78. The highest BCUT2D eigenvalue weighted by molar-refractivity contribution is 5.58. The summed E-state index contributed by atoms with van der Waals surface area (Å²) in [7, 11) is 0. The molecule has 2 heteroatoms. The van der Waals surface area contributed by atoms with Crippen molar-refractivity contribution in [2.45, 2.75) is 12.8 Å². The fourth-order valence-electron chi connectivity index (χ4n) is 1.85. The highest BCUT2D eigenvalue weighted by Gasteiger charge is 2.18. The molecule has 1 heterocycles. The number of rotatable bonds is 2.